The number of carbonyl (C=O) groups excluding carboxylic acids is 2. The van der Waals surface area contributed by atoms with Crippen LogP contribution in [0.25, 0.3) is 0 Å². The zero-order valence-corrected chi connectivity index (χ0v) is 12.6. The van der Waals surface area contributed by atoms with Gasteiger partial charge in [-0.2, -0.15) is 0 Å². The summed E-state index contributed by atoms with van der Waals surface area (Å²) >= 11 is 3.27. The minimum atomic E-state index is -0.437. The molecule has 2 amide bonds. The van der Waals surface area contributed by atoms with Gasteiger partial charge in [0.25, 0.3) is 5.91 Å². The van der Waals surface area contributed by atoms with Crippen LogP contribution in [0.2, 0.25) is 0 Å². The molecule has 4 N–H and O–H groups in total. The van der Waals surface area contributed by atoms with E-state index in [9.17, 15) is 9.59 Å². The second-order valence-corrected chi connectivity index (χ2v) is 5.16. The number of H-pyrrole nitrogens is 1. The number of amides is 2. The Kier molecular flexibility index (Phi) is 4.99. The third-order valence-corrected chi connectivity index (χ3v) is 3.09. The minimum Gasteiger partial charge on any atom is -0.491 e. The molecule has 0 bridgehead atoms. The molecule has 1 aromatic carbocycles. The summed E-state index contributed by atoms with van der Waals surface area (Å²) in [6.07, 6.45) is 1.79. The lowest BCUT2D eigenvalue weighted by atomic mass is 10.2. The van der Waals surface area contributed by atoms with Gasteiger partial charge in [-0.3, -0.25) is 9.59 Å². The smallest absolute Gasteiger partial charge is 0.272 e. The van der Waals surface area contributed by atoms with E-state index >= 15 is 0 Å². The van der Waals surface area contributed by atoms with Gasteiger partial charge in [-0.25, -0.2) is 0 Å². The predicted octanol–water partition coefficient (Wildman–Crippen LogP) is 2.28. The number of hydrogen-bond acceptors (Lipinski definition) is 3. The highest BCUT2D eigenvalue weighted by Gasteiger charge is 2.11. The Morgan fingerprint density at radius 3 is 2.76 bits per heavy atom. The monoisotopic (exact) mass is 351 g/mol. The lowest BCUT2D eigenvalue weighted by molar-refractivity contribution is -0.118. The van der Waals surface area contributed by atoms with Crippen LogP contribution in [-0.4, -0.2) is 23.4 Å². The van der Waals surface area contributed by atoms with Gasteiger partial charge in [0.2, 0.25) is 5.91 Å². The van der Waals surface area contributed by atoms with Gasteiger partial charge in [0.1, 0.15) is 11.4 Å². The van der Waals surface area contributed by atoms with Crippen molar-refractivity contribution in [2.45, 2.75) is 6.42 Å². The Labute approximate surface area is 129 Å². The van der Waals surface area contributed by atoms with Crippen molar-refractivity contribution in [2.75, 3.05) is 11.9 Å². The van der Waals surface area contributed by atoms with E-state index in [1.807, 2.05) is 0 Å². The van der Waals surface area contributed by atoms with Crippen molar-refractivity contribution in [3.05, 3.63) is 46.7 Å². The van der Waals surface area contributed by atoms with Gasteiger partial charge >= 0.3 is 0 Å². The standard InChI is InChI=1S/C14H14BrN3O3/c15-9-7-11(17-8-9)14(20)18-10-3-1-2-4-12(10)21-6-5-13(16)19/h1-4,7-8,17H,5-6H2,(H2,16,19)(H,18,20). The van der Waals surface area contributed by atoms with Gasteiger partial charge in [0.15, 0.2) is 0 Å². The third-order valence-electron chi connectivity index (χ3n) is 2.63. The number of nitrogens with one attached hydrogen (secondary N) is 2. The van der Waals surface area contributed by atoms with Crippen LogP contribution >= 0.6 is 15.9 Å². The average molecular weight is 352 g/mol. The molecule has 2 aromatic rings. The van der Waals surface area contributed by atoms with Crippen LogP contribution in [0.3, 0.4) is 0 Å². The highest BCUT2D eigenvalue weighted by atomic mass is 79.9. The summed E-state index contributed by atoms with van der Waals surface area (Å²) in [5.74, 6) is -0.239. The molecule has 0 radical (unpaired) electrons. The molecule has 0 saturated carbocycles. The molecule has 0 unspecified atom stereocenters. The number of rotatable bonds is 6. The predicted molar refractivity (Wildman–Crippen MR) is 82.2 cm³/mol. The second kappa shape index (κ2) is 6.94. The number of aromatic amines is 1. The number of halogens is 1. The van der Waals surface area contributed by atoms with E-state index in [-0.39, 0.29) is 18.9 Å². The first-order valence-electron chi connectivity index (χ1n) is 6.21. The lowest BCUT2D eigenvalue weighted by Gasteiger charge is -2.11. The summed E-state index contributed by atoms with van der Waals surface area (Å²) in [7, 11) is 0. The van der Waals surface area contributed by atoms with E-state index < -0.39 is 5.91 Å². The topological polar surface area (TPSA) is 97.2 Å². The molecular weight excluding hydrogens is 338 g/mol. The Balaban J connectivity index is 2.05. The summed E-state index contributed by atoms with van der Waals surface area (Å²) in [6.45, 7) is 0.163. The highest BCUT2D eigenvalue weighted by Crippen LogP contribution is 2.24. The summed E-state index contributed by atoms with van der Waals surface area (Å²) in [4.78, 5) is 25.6. The van der Waals surface area contributed by atoms with Crippen LogP contribution < -0.4 is 15.8 Å². The van der Waals surface area contributed by atoms with Gasteiger partial charge in [-0.15, -0.1) is 0 Å². The molecule has 0 spiro atoms. The molecule has 110 valence electrons. The van der Waals surface area contributed by atoms with E-state index in [0.29, 0.717) is 17.1 Å². The normalized spacial score (nSPS) is 10.1. The van der Waals surface area contributed by atoms with E-state index in [1.165, 1.54) is 0 Å². The number of hydrogen-bond donors (Lipinski definition) is 3. The van der Waals surface area contributed by atoms with Crippen molar-refractivity contribution in [3.63, 3.8) is 0 Å². The van der Waals surface area contributed by atoms with E-state index in [1.54, 1.807) is 36.5 Å². The third kappa shape index (κ3) is 4.35. The van der Waals surface area contributed by atoms with Crippen LogP contribution in [0.4, 0.5) is 5.69 Å². The largest absolute Gasteiger partial charge is 0.491 e. The van der Waals surface area contributed by atoms with E-state index in [4.69, 9.17) is 10.5 Å². The lowest BCUT2D eigenvalue weighted by Crippen LogP contribution is -2.16. The van der Waals surface area contributed by atoms with Crippen molar-refractivity contribution in [3.8, 4) is 5.75 Å². The summed E-state index contributed by atoms with van der Waals surface area (Å²) < 4.78 is 6.25. The number of ether oxygens (including phenoxy) is 1. The number of anilines is 1. The first-order chi connectivity index (χ1) is 10.1. The van der Waals surface area contributed by atoms with Gasteiger partial charge in [-0.05, 0) is 34.1 Å². The molecule has 6 nitrogen and oxygen atoms in total. The van der Waals surface area contributed by atoms with Gasteiger partial charge in [-0.1, -0.05) is 12.1 Å². The van der Waals surface area contributed by atoms with Crippen molar-refractivity contribution in [2.24, 2.45) is 5.73 Å². The second-order valence-electron chi connectivity index (χ2n) is 4.25. The first-order valence-corrected chi connectivity index (χ1v) is 7.01. The molecule has 0 aliphatic carbocycles. The van der Waals surface area contributed by atoms with Gasteiger partial charge < -0.3 is 20.8 Å². The van der Waals surface area contributed by atoms with Crippen LogP contribution in [0, 0.1) is 0 Å². The van der Waals surface area contributed by atoms with Crippen LogP contribution in [0.1, 0.15) is 16.9 Å². The van der Waals surface area contributed by atoms with Crippen molar-refractivity contribution >= 4 is 33.4 Å². The SMILES string of the molecule is NC(=O)CCOc1ccccc1NC(=O)c1cc(Br)c[nH]1. The number of primary amides is 1. The number of nitrogens with two attached hydrogens (primary N) is 1. The maximum Gasteiger partial charge on any atom is 0.272 e. The van der Waals surface area contributed by atoms with Crippen molar-refractivity contribution < 1.29 is 14.3 Å². The Hall–Kier alpha value is -2.28. The summed E-state index contributed by atoms with van der Waals surface area (Å²) in [6, 6.07) is 8.66. The zero-order valence-electron chi connectivity index (χ0n) is 11.1. The van der Waals surface area contributed by atoms with Crippen molar-refractivity contribution in [1.29, 1.82) is 0 Å². The Bertz CT molecular complexity index is 654. The molecule has 0 saturated heterocycles. The Morgan fingerprint density at radius 2 is 2.10 bits per heavy atom. The zero-order chi connectivity index (χ0) is 15.2. The highest BCUT2D eigenvalue weighted by molar-refractivity contribution is 9.10. The molecule has 0 aliphatic rings. The van der Waals surface area contributed by atoms with Gasteiger partial charge in [0.05, 0.1) is 18.7 Å². The molecule has 1 heterocycles. The summed E-state index contributed by atoms with van der Waals surface area (Å²) in [5.41, 5.74) is 6.01. The summed E-state index contributed by atoms with van der Waals surface area (Å²) in [5, 5.41) is 2.75. The average Bonchev–Trinajstić information content (AvgIpc) is 2.87. The van der Waals surface area contributed by atoms with Crippen molar-refractivity contribution in [1.82, 2.24) is 4.98 Å². The molecule has 21 heavy (non-hydrogen) atoms. The fourth-order valence-corrected chi connectivity index (χ4v) is 1.99. The van der Waals surface area contributed by atoms with Crippen LogP contribution in [-0.2, 0) is 4.79 Å². The number of carbonyl (C=O) groups is 2. The molecule has 1 aromatic heterocycles. The number of benzene rings is 1. The number of para-hydroxylation sites is 2. The maximum absolute atomic E-state index is 12.1. The molecule has 0 fully saturated rings. The van der Waals surface area contributed by atoms with Crippen LogP contribution in [0.5, 0.6) is 5.75 Å². The number of aromatic nitrogens is 1. The van der Waals surface area contributed by atoms with E-state index in [0.717, 1.165) is 4.47 Å². The fourth-order valence-electron chi connectivity index (χ4n) is 1.65. The quantitative estimate of drug-likeness (QED) is 0.744. The maximum atomic E-state index is 12.1. The minimum absolute atomic E-state index is 0.117. The molecule has 2 rings (SSSR count). The van der Waals surface area contributed by atoms with Crippen LogP contribution in [0.15, 0.2) is 41.0 Å². The van der Waals surface area contributed by atoms with Gasteiger partial charge in [0, 0.05) is 10.7 Å². The molecule has 0 atom stereocenters. The molecule has 7 heteroatoms. The van der Waals surface area contributed by atoms with E-state index in [2.05, 4.69) is 26.2 Å². The fraction of sp³-hybridized carbons (Fsp3) is 0.143. The molecule has 0 aliphatic heterocycles. The first kappa shape index (κ1) is 15.1. The molecular formula is C14H14BrN3O3. The Morgan fingerprint density at radius 1 is 1.33 bits per heavy atom.